The summed E-state index contributed by atoms with van der Waals surface area (Å²) in [6.07, 6.45) is 0. The van der Waals surface area contributed by atoms with Gasteiger partial charge < -0.3 is 10.0 Å². The SMILES string of the molecule is Cc1ccccc1CN1CCN(C(=O)CN(CC(=O)O)C(C)C)CC1. The van der Waals surface area contributed by atoms with Crippen molar-refractivity contribution < 1.29 is 14.7 Å². The fourth-order valence-corrected chi connectivity index (χ4v) is 3.05. The molecule has 6 heteroatoms. The van der Waals surface area contributed by atoms with E-state index in [0.29, 0.717) is 13.1 Å². The Hall–Kier alpha value is -1.92. The number of carboxylic acids is 1. The van der Waals surface area contributed by atoms with Gasteiger partial charge in [-0.1, -0.05) is 24.3 Å². The summed E-state index contributed by atoms with van der Waals surface area (Å²) in [4.78, 5) is 29.3. The topological polar surface area (TPSA) is 64.1 Å². The average Bonchev–Trinajstić information content (AvgIpc) is 2.56. The van der Waals surface area contributed by atoms with Gasteiger partial charge in [0.2, 0.25) is 5.91 Å². The highest BCUT2D eigenvalue weighted by atomic mass is 16.4. The zero-order valence-corrected chi connectivity index (χ0v) is 15.4. The van der Waals surface area contributed by atoms with E-state index < -0.39 is 5.97 Å². The Balaban J connectivity index is 1.83. The molecule has 25 heavy (non-hydrogen) atoms. The van der Waals surface area contributed by atoms with E-state index in [1.165, 1.54) is 11.1 Å². The summed E-state index contributed by atoms with van der Waals surface area (Å²) in [5.74, 6) is -0.880. The van der Waals surface area contributed by atoms with Crippen LogP contribution in [0.3, 0.4) is 0 Å². The quantitative estimate of drug-likeness (QED) is 0.808. The van der Waals surface area contributed by atoms with Crippen molar-refractivity contribution in [2.75, 3.05) is 39.3 Å². The van der Waals surface area contributed by atoms with Gasteiger partial charge >= 0.3 is 5.97 Å². The molecule has 1 aromatic carbocycles. The summed E-state index contributed by atoms with van der Waals surface area (Å²) in [6, 6.07) is 8.41. The van der Waals surface area contributed by atoms with Gasteiger partial charge in [-0.05, 0) is 31.9 Å². The molecule has 0 unspecified atom stereocenters. The maximum absolute atomic E-state index is 12.5. The van der Waals surface area contributed by atoms with Crippen LogP contribution in [-0.2, 0) is 16.1 Å². The minimum Gasteiger partial charge on any atom is -0.480 e. The van der Waals surface area contributed by atoms with Gasteiger partial charge in [0, 0.05) is 38.8 Å². The molecule has 138 valence electrons. The first-order valence-corrected chi connectivity index (χ1v) is 8.87. The molecule has 0 bridgehead atoms. The molecule has 0 aromatic heterocycles. The maximum atomic E-state index is 12.5. The molecule has 1 N–H and O–H groups in total. The normalized spacial score (nSPS) is 15.8. The van der Waals surface area contributed by atoms with E-state index in [1.807, 2.05) is 24.8 Å². The molecule has 1 fully saturated rings. The highest BCUT2D eigenvalue weighted by Gasteiger charge is 2.24. The van der Waals surface area contributed by atoms with E-state index in [0.717, 1.165) is 19.6 Å². The predicted octanol–water partition coefficient (Wildman–Crippen LogP) is 1.43. The minimum atomic E-state index is -0.899. The van der Waals surface area contributed by atoms with E-state index in [4.69, 9.17) is 5.11 Å². The molecule has 0 radical (unpaired) electrons. The van der Waals surface area contributed by atoms with Crippen LogP contribution in [0.5, 0.6) is 0 Å². The van der Waals surface area contributed by atoms with Crippen LogP contribution in [-0.4, -0.2) is 77.0 Å². The van der Waals surface area contributed by atoms with Crippen molar-refractivity contribution in [1.29, 1.82) is 0 Å². The number of carbonyl (C=O) groups excluding carboxylic acids is 1. The molecule has 1 aromatic rings. The molecule has 0 saturated carbocycles. The lowest BCUT2D eigenvalue weighted by atomic mass is 10.1. The van der Waals surface area contributed by atoms with Crippen molar-refractivity contribution in [2.24, 2.45) is 0 Å². The van der Waals surface area contributed by atoms with Gasteiger partial charge in [-0.25, -0.2) is 0 Å². The van der Waals surface area contributed by atoms with Crippen LogP contribution in [0.25, 0.3) is 0 Å². The van der Waals surface area contributed by atoms with Gasteiger partial charge in [-0.15, -0.1) is 0 Å². The molecule has 1 aliphatic heterocycles. The second-order valence-electron chi connectivity index (χ2n) is 6.98. The van der Waals surface area contributed by atoms with Crippen molar-refractivity contribution in [3.8, 4) is 0 Å². The monoisotopic (exact) mass is 347 g/mol. The van der Waals surface area contributed by atoms with Gasteiger partial charge in [0.1, 0.15) is 0 Å². The summed E-state index contributed by atoms with van der Waals surface area (Å²) in [5, 5.41) is 8.98. The van der Waals surface area contributed by atoms with Crippen LogP contribution in [0.1, 0.15) is 25.0 Å². The predicted molar refractivity (Wildman–Crippen MR) is 97.4 cm³/mol. The van der Waals surface area contributed by atoms with Crippen LogP contribution in [0.4, 0.5) is 0 Å². The van der Waals surface area contributed by atoms with Gasteiger partial charge in [0.15, 0.2) is 0 Å². The Labute approximate surface area is 150 Å². The lowest BCUT2D eigenvalue weighted by Gasteiger charge is -2.36. The number of piperazine rings is 1. The number of benzene rings is 1. The Bertz CT molecular complexity index is 595. The molecule has 1 saturated heterocycles. The minimum absolute atomic E-state index is 0.0190. The summed E-state index contributed by atoms with van der Waals surface area (Å²) in [7, 11) is 0. The Morgan fingerprint density at radius 1 is 1.12 bits per heavy atom. The third kappa shape index (κ3) is 5.83. The molecule has 0 atom stereocenters. The zero-order valence-electron chi connectivity index (χ0n) is 15.4. The number of aryl methyl sites for hydroxylation is 1. The second kappa shape index (κ2) is 8.97. The van der Waals surface area contributed by atoms with Crippen LogP contribution in [0, 0.1) is 6.92 Å². The number of hydrogen-bond donors (Lipinski definition) is 1. The van der Waals surface area contributed by atoms with Crippen molar-refractivity contribution >= 4 is 11.9 Å². The second-order valence-corrected chi connectivity index (χ2v) is 6.98. The Morgan fingerprint density at radius 2 is 1.76 bits per heavy atom. The van der Waals surface area contributed by atoms with Crippen LogP contribution >= 0.6 is 0 Å². The molecule has 0 aliphatic carbocycles. The van der Waals surface area contributed by atoms with E-state index in [-0.39, 0.29) is 25.0 Å². The van der Waals surface area contributed by atoms with Crippen molar-refractivity contribution in [2.45, 2.75) is 33.4 Å². The number of amides is 1. The van der Waals surface area contributed by atoms with E-state index in [9.17, 15) is 9.59 Å². The van der Waals surface area contributed by atoms with Crippen molar-refractivity contribution in [3.05, 3.63) is 35.4 Å². The summed E-state index contributed by atoms with van der Waals surface area (Å²) < 4.78 is 0. The fourth-order valence-electron chi connectivity index (χ4n) is 3.05. The first-order chi connectivity index (χ1) is 11.9. The molecular formula is C19H29N3O3. The first kappa shape index (κ1) is 19.4. The molecule has 1 aliphatic rings. The van der Waals surface area contributed by atoms with Crippen LogP contribution < -0.4 is 0 Å². The van der Waals surface area contributed by atoms with Crippen LogP contribution in [0.15, 0.2) is 24.3 Å². The van der Waals surface area contributed by atoms with Crippen molar-refractivity contribution in [1.82, 2.24) is 14.7 Å². The molecule has 0 spiro atoms. The highest BCUT2D eigenvalue weighted by molar-refractivity contribution is 5.79. The first-order valence-electron chi connectivity index (χ1n) is 8.87. The molecule has 2 rings (SSSR count). The Morgan fingerprint density at radius 3 is 2.32 bits per heavy atom. The standard InChI is InChI=1S/C19H29N3O3/c1-15(2)22(14-19(24)25)13-18(23)21-10-8-20(9-11-21)12-17-7-5-4-6-16(17)3/h4-7,15H,8-14H2,1-3H3,(H,24,25). The van der Waals surface area contributed by atoms with E-state index >= 15 is 0 Å². The van der Waals surface area contributed by atoms with E-state index in [1.54, 1.807) is 4.90 Å². The molecular weight excluding hydrogens is 318 g/mol. The molecule has 6 nitrogen and oxygen atoms in total. The summed E-state index contributed by atoms with van der Waals surface area (Å²) in [5.41, 5.74) is 2.62. The maximum Gasteiger partial charge on any atom is 0.317 e. The number of carboxylic acid groups (broad SMARTS) is 1. The smallest absolute Gasteiger partial charge is 0.317 e. The van der Waals surface area contributed by atoms with Gasteiger partial charge in [-0.3, -0.25) is 19.4 Å². The Kier molecular flexibility index (Phi) is 6.96. The number of aliphatic carboxylic acids is 1. The largest absolute Gasteiger partial charge is 0.480 e. The third-order valence-electron chi connectivity index (χ3n) is 4.79. The van der Waals surface area contributed by atoms with Gasteiger partial charge in [0.25, 0.3) is 0 Å². The fraction of sp³-hybridized carbons (Fsp3) is 0.579. The molecule has 1 heterocycles. The van der Waals surface area contributed by atoms with Crippen molar-refractivity contribution in [3.63, 3.8) is 0 Å². The molecule has 1 amide bonds. The average molecular weight is 347 g/mol. The summed E-state index contributed by atoms with van der Waals surface area (Å²) >= 11 is 0. The zero-order chi connectivity index (χ0) is 18.4. The van der Waals surface area contributed by atoms with Gasteiger partial charge in [0.05, 0.1) is 13.1 Å². The number of hydrogen-bond acceptors (Lipinski definition) is 4. The third-order valence-corrected chi connectivity index (χ3v) is 4.79. The number of carbonyl (C=O) groups is 2. The van der Waals surface area contributed by atoms with Gasteiger partial charge in [-0.2, -0.15) is 0 Å². The van der Waals surface area contributed by atoms with Crippen LogP contribution in [0.2, 0.25) is 0 Å². The lowest BCUT2D eigenvalue weighted by Crippen LogP contribution is -2.52. The highest BCUT2D eigenvalue weighted by Crippen LogP contribution is 2.13. The number of nitrogens with zero attached hydrogens (tertiary/aromatic N) is 3. The van der Waals surface area contributed by atoms with E-state index in [2.05, 4.69) is 30.0 Å². The summed E-state index contributed by atoms with van der Waals surface area (Å²) in [6.45, 7) is 10.0. The number of rotatable bonds is 7. The lowest BCUT2D eigenvalue weighted by molar-refractivity contribution is -0.141.